The molecule has 3 rings (SSSR count). The first-order valence-corrected chi connectivity index (χ1v) is 12.1. The third kappa shape index (κ3) is 5.91. The van der Waals surface area contributed by atoms with E-state index in [1.807, 2.05) is 0 Å². The molecular formula is C24H29Cl3SiTi. The minimum Gasteiger partial charge on any atom is -1.00 e. The molecule has 0 fully saturated rings. The number of hydrogen-bond acceptors (Lipinski definition) is 0. The van der Waals surface area contributed by atoms with Crippen molar-refractivity contribution in [3.05, 3.63) is 79.2 Å². The first-order chi connectivity index (χ1) is 12.2. The number of benzene rings is 2. The van der Waals surface area contributed by atoms with E-state index in [1.165, 1.54) is 33.4 Å². The fraction of sp³-hybridized carbons (Fsp3) is 0.333. The Bertz CT molecular complexity index is 831. The van der Waals surface area contributed by atoms with Crippen molar-refractivity contribution >= 4 is 19.2 Å². The van der Waals surface area contributed by atoms with Crippen molar-refractivity contribution in [2.45, 2.75) is 54.0 Å². The second-order valence-corrected chi connectivity index (χ2v) is 11.9. The van der Waals surface area contributed by atoms with Crippen LogP contribution in [0.5, 0.6) is 0 Å². The Labute approximate surface area is 208 Å². The summed E-state index contributed by atoms with van der Waals surface area (Å²) in [5, 5.41) is 3.16. The third-order valence-corrected chi connectivity index (χ3v) is 11.1. The summed E-state index contributed by atoms with van der Waals surface area (Å²) in [5.41, 5.74) is 10.8. The van der Waals surface area contributed by atoms with Gasteiger partial charge >= 0.3 is 173 Å². The zero-order valence-corrected chi connectivity index (χ0v) is 23.2. The fourth-order valence-corrected chi connectivity index (χ4v) is 10.2. The number of allylic oxidation sites excluding steroid dienone is 4. The Balaban J connectivity index is 0.00000261. The maximum Gasteiger partial charge on any atom is -1.00 e. The molecule has 1 unspecified atom stereocenters. The van der Waals surface area contributed by atoms with Gasteiger partial charge in [-0.25, -0.2) is 0 Å². The largest absolute Gasteiger partial charge is 1.00 e. The molecule has 154 valence electrons. The summed E-state index contributed by atoms with van der Waals surface area (Å²) in [6, 6.07) is 14.4. The molecule has 1 aliphatic carbocycles. The Morgan fingerprint density at radius 2 is 0.931 bits per heavy atom. The molecule has 1 aliphatic rings. The van der Waals surface area contributed by atoms with Gasteiger partial charge in [0.25, 0.3) is 0 Å². The van der Waals surface area contributed by atoms with Crippen LogP contribution in [0, 0.1) is 27.7 Å². The molecule has 29 heavy (non-hydrogen) atoms. The molecule has 0 N–H and O–H groups in total. The Hall–Kier alpha value is -0.279. The molecule has 2 aromatic rings. The van der Waals surface area contributed by atoms with Gasteiger partial charge in [-0.3, -0.25) is 0 Å². The molecule has 0 amide bonds. The number of halogens is 3. The topological polar surface area (TPSA) is 0 Å². The number of aryl methyl sites for hydroxylation is 4. The minimum atomic E-state index is -1.42. The smallest absolute Gasteiger partial charge is 1.00 e. The Morgan fingerprint density at radius 3 is 1.21 bits per heavy atom. The third-order valence-electron chi connectivity index (χ3n) is 5.88. The van der Waals surface area contributed by atoms with E-state index >= 15 is 0 Å². The summed E-state index contributed by atoms with van der Waals surface area (Å²) in [7, 11) is -1.42. The van der Waals surface area contributed by atoms with Crippen LogP contribution in [-0.4, -0.2) is 8.80 Å². The molecule has 0 aromatic heterocycles. The zero-order chi connectivity index (χ0) is 19.2. The molecule has 0 saturated carbocycles. The van der Waals surface area contributed by atoms with Crippen LogP contribution in [0.2, 0.25) is 5.54 Å². The van der Waals surface area contributed by atoms with Gasteiger partial charge in [0.2, 0.25) is 0 Å². The first kappa shape index (κ1) is 28.7. The zero-order valence-electron chi connectivity index (χ0n) is 18.3. The summed E-state index contributed by atoms with van der Waals surface area (Å²) in [4.78, 5) is 0. The predicted octanol–water partition coefficient (Wildman–Crippen LogP) is -4.19. The monoisotopic (exact) mass is 498 g/mol. The molecule has 0 spiro atoms. The van der Waals surface area contributed by atoms with E-state index in [4.69, 9.17) is 0 Å². The standard InChI is InChI=1S/C24H29Si.3ClH.Ti/c1-15-8-16(2)11-22(10-15)25(23-12-17(3)9-18(4)13-23)24-14-19(5)20(6)21(24)7;;;;/h8-13,24-25H,1-7H3;3*1H;/q;;;;+3/p-3. The minimum absolute atomic E-state index is 0. The van der Waals surface area contributed by atoms with Crippen molar-refractivity contribution in [2.75, 3.05) is 0 Å². The Kier molecular flexibility index (Phi) is 11.3. The summed E-state index contributed by atoms with van der Waals surface area (Å²) in [6.45, 7) is 15.9. The molecular weight excluding hydrogens is 471 g/mol. The summed E-state index contributed by atoms with van der Waals surface area (Å²) < 4.78 is 1.59. The van der Waals surface area contributed by atoms with E-state index in [1.54, 1.807) is 19.8 Å². The molecule has 2 aromatic carbocycles. The van der Waals surface area contributed by atoms with E-state index in [9.17, 15) is 0 Å². The maximum atomic E-state index is 2.45. The van der Waals surface area contributed by atoms with Crippen LogP contribution in [0.15, 0.2) is 57.0 Å². The van der Waals surface area contributed by atoms with Crippen LogP contribution in [0.1, 0.15) is 43.0 Å². The number of rotatable bonds is 3. The van der Waals surface area contributed by atoms with Gasteiger partial charge in [-0.15, -0.1) is 0 Å². The molecule has 0 bridgehead atoms. The summed E-state index contributed by atoms with van der Waals surface area (Å²) >= 11 is 2.37. The first-order valence-electron chi connectivity index (χ1n) is 9.45. The van der Waals surface area contributed by atoms with Gasteiger partial charge in [-0.05, 0) is 0 Å². The van der Waals surface area contributed by atoms with E-state index < -0.39 is 8.80 Å². The van der Waals surface area contributed by atoms with Crippen LogP contribution in [0.3, 0.4) is 0 Å². The van der Waals surface area contributed by atoms with Crippen LogP contribution >= 0.6 is 0 Å². The van der Waals surface area contributed by atoms with E-state index in [0.29, 0.717) is 5.54 Å². The van der Waals surface area contributed by atoms with Crippen molar-refractivity contribution in [3.8, 4) is 0 Å². The Morgan fingerprint density at radius 1 is 0.586 bits per heavy atom. The fourth-order valence-electron chi connectivity index (χ4n) is 4.55. The average molecular weight is 500 g/mol. The van der Waals surface area contributed by atoms with Gasteiger partial charge in [-0.2, -0.15) is 0 Å². The molecule has 5 heteroatoms. The van der Waals surface area contributed by atoms with Crippen molar-refractivity contribution in [3.63, 3.8) is 0 Å². The predicted molar refractivity (Wildman–Crippen MR) is 113 cm³/mol. The van der Waals surface area contributed by atoms with Gasteiger partial charge in [0.1, 0.15) is 0 Å². The van der Waals surface area contributed by atoms with Crippen LogP contribution < -0.4 is 47.6 Å². The van der Waals surface area contributed by atoms with Crippen LogP contribution in [0.25, 0.3) is 0 Å². The van der Waals surface area contributed by atoms with Crippen molar-refractivity contribution in [1.29, 1.82) is 0 Å². The summed E-state index contributed by atoms with van der Waals surface area (Å²) in [6.07, 6.45) is 0. The molecule has 0 heterocycles. The van der Waals surface area contributed by atoms with Gasteiger partial charge in [0.05, 0.1) is 0 Å². The molecule has 0 nitrogen and oxygen atoms in total. The second kappa shape index (κ2) is 11.4. The van der Waals surface area contributed by atoms with Gasteiger partial charge < -0.3 is 37.2 Å². The van der Waals surface area contributed by atoms with E-state index in [-0.39, 0.29) is 37.2 Å². The van der Waals surface area contributed by atoms with Gasteiger partial charge in [-0.1, -0.05) is 0 Å². The normalized spacial score (nSPS) is 15.9. The van der Waals surface area contributed by atoms with E-state index in [2.05, 4.69) is 105 Å². The van der Waals surface area contributed by atoms with Crippen molar-refractivity contribution < 1.29 is 57.7 Å². The second-order valence-electron chi connectivity index (χ2n) is 8.14. The summed E-state index contributed by atoms with van der Waals surface area (Å²) in [5.74, 6) is 0. The molecule has 1 atom stereocenters. The average Bonchev–Trinajstić information content (AvgIpc) is 2.71. The quantitative estimate of drug-likeness (QED) is 0.376. The van der Waals surface area contributed by atoms with E-state index in [0.717, 1.165) is 0 Å². The van der Waals surface area contributed by atoms with Gasteiger partial charge in [0, 0.05) is 0 Å². The van der Waals surface area contributed by atoms with Crippen LogP contribution in [0.4, 0.5) is 0 Å². The van der Waals surface area contributed by atoms with Crippen molar-refractivity contribution in [1.82, 2.24) is 0 Å². The van der Waals surface area contributed by atoms with Gasteiger partial charge in [0.15, 0.2) is 0 Å². The van der Waals surface area contributed by atoms with Crippen LogP contribution in [-0.2, 0) is 20.4 Å². The maximum absolute atomic E-state index is 2.45. The molecule has 0 saturated heterocycles. The molecule has 0 aliphatic heterocycles. The SMILES string of the molecule is CC1=C(C)C([SiH](c2cc(C)cc(C)c2)c2cc(C)cc(C)c2)[C]([Ti+3])=C1C.[Cl-].[Cl-].[Cl-]. The molecule has 0 radical (unpaired) electrons. The van der Waals surface area contributed by atoms with Crippen molar-refractivity contribution in [2.24, 2.45) is 0 Å². The number of hydrogen-bond donors (Lipinski definition) is 0.